The molecule has 0 bridgehead atoms. The van der Waals surface area contributed by atoms with Gasteiger partial charge in [-0.1, -0.05) is 11.6 Å². The summed E-state index contributed by atoms with van der Waals surface area (Å²) in [5.41, 5.74) is 1.93. The molecule has 128 valence electrons. The topological polar surface area (TPSA) is 63.5 Å². The molecular formula is C18H21FN2O3. The van der Waals surface area contributed by atoms with Crippen LogP contribution in [0.2, 0.25) is 0 Å². The average Bonchev–Trinajstić information content (AvgIpc) is 3.35. The van der Waals surface area contributed by atoms with Gasteiger partial charge in [-0.25, -0.2) is 4.39 Å². The smallest absolute Gasteiger partial charge is 0.275 e. The van der Waals surface area contributed by atoms with Gasteiger partial charge in [-0.3, -0.25) is 14.9 Å². The first-order chi connectivity index (χ1) is 11.4. The van der Waals surface area contributed by atoms with Crippen molar-refractivity contribution in [3.63, 3.8) is 0 Å². The molecule has 1 amide bonds. The van der Waals surface area contributed by atoms with Gasteiger partial charge in [-0.05, 0) is 50.2 Å². The molecule has 0 unspecified atom stereocenters. The highest BCUT2D eigenvalue weighted by molar-refractivity contribution is 5.77. The lowest BCUT2D eigenvalue weighted by molar-refractivity contribution is -0.385. The van der Waals surface area contributed by atoms with Crippen LogP contribution in [0.3, 0.4) is 0 Å². The number of piperidine rings is 1. The molecule has 24 heavy (non-hydrogen) atoms. The molecule has 5 nitrogen and oxygen atoms in total. The molecule has 1 saturated carbocycles. The maximum Gasteiger partial charge on any atom is 0.275 e. The minimum atomic E-state index is -0.601. The second kappa shape index (κ2) is 6.71. The maximum atomic E-state index is 13.6. The Morgan fingerprint density at radius 1 is 1.38 bits per heavy atom. The number of halogens is 1. The summed E-state index contributed by atoms with van der Waals surface area (Å²) >= 11 is 0. The first-order valence-corrected chi connectivity index (χ1v) is 8.36. The summed E-state index contributed by atoms with van der Waals surface area (Å²) in [4.78, 5) is 24.5. The van der Waals surface area contributed by atoms with Crippen molar-refractivity contribution in [3.05, 3.63) is 44.8 Å². The SMILES string of the molecule is Cc1c(C=C2CCN(C(=O)CC3CC3)CC2)cc(F)cc1[N+](=O)[O-]. The number of rotatable bonds is 4. The molecule has 2 fully saturated rings. The third kappa shape index (κ3) is 3.80. The van der Waals surface area contributed by atoms with E-state index in [0.29, 0.717) is 36.6 Å². The second-order valence-corrected chi connectivity index (χ2v) is 6.73. The summed E-state index contributed by atoms with van der Waals surface area (Å²) in [5.74, 6) is 0.218. The van der Waals surface area contributed by atoms with E-state index < -0.39 is 10.7 Å². The number of carbonyl (C=O) groups is 1. The van der Waals surface area contributed by atoms with Crippen molar-refractivity contribution in [2.75, 3.05) is 13.1 Å². The Balaban J connectivity index is 1.69. The molecule has 1 aliphatic heterocycles. The van der Waals surface area contributed by atoms with Gasteiger partial charge in [0.25, 0.3) is 5.69 Å². The maximum absolute atomic E-state index is 13.6. The molecule has 3 rings (SSSR count). The molecule has 1 aliphatic carbocycles. The molecule has 0 atom stereocenters. The van der Waals surface area contributed by atoms with Crippen molar-refractivity contribution in [1.82, 2.24) is 4.90 Å². The number of hydrogen-bond acceptors (Lipinski definition) is 3. The zero-order chi connectivity index (χ0) is 17.3. The van der Waals surface area contributed by atoms with Crippen molar-refractivity contribution in [2.45, 2.75) is 39.0 Å². The van der Waals surface area contributed by atoms with Crippen LogP contribution >= 0.6 is 0 Å². The number of hydrogen-bond donors (Lipinski definition) is 0. The van der Waals surface area contributed by atoms with Crippen LogP contribution in [0, 0.1) is 28.8 Å². The first kappa shape index (κ1) is 16.6. The predicted octanol–water partition coefficient (Wildman–Crippen LogP) is 3.85. The van der Waals surface area contributed by atoms with Crippen LogP contribution in [-0.2, 0) is 4.79 Å². The van der Waals surface area contributed by atoms with E-state index in [1.807, 2.05) is 11.0 Å². The molecule has 1 heterocycles. The van der Waals surface area contributed by atoms with Crippen LogP contribution in [0.1, 0.15) is 43.2 Å². The Morgan fingerprint density at radius 3 is 2.62 bits per heavy atom. The molecule has 0 N–H and O–H groups in total. The van der Waals surface area contributed by atoms with E-state index >= 15 is 0 Å². The number of nitro groups is 1. The average molecular weight is 332 g/mol. The van der Waals surface area contributed by atoms with E-state index in [9.17, 15) is 19.3 Å². The molecule has 6 heteroatoms. The fourth-order valence-electron chi connectivity index (χ4n) is 3.13. The van der Waals surface area contributed by atoms with Crippen LogP contribution in [0.25, 0.3) is 6.08 Å². The molecule has 1 aromatic rings. The minimum absolute atomic E-state index is 0.195. The van der Waals surface area contributed by atoms with Gasteiger partial charge in [0.15, 0.2) is 0 Å². The second-order valence-electron chi connectivity index (χ2n) is 6.73. The zero-order valence-electron chi connectivity index (χ0n) is 13.8. The van der Waals surface area contributed by atoms with E-state index in [-0.39, 0.29) is 11.6 Å². The number of carbonyl (C=O) groups excluding carboxylic acids is 1. The van der Waals surface area contributed by atoms with E-state index in [4.69, 9.17) is 0 Å². The van der Waals surface area contributed by atoms with Crippen LogP contribution in [0.5, 0.6) is 0 Å². The van der Waals surface area contributed by atoms with Crippen LogP contribution in [-0.4, -0.2) is 28.8 Å². The first-order valence-electron chi connectivity index (χ1n) is 8.36. The monoisotopic (exact) mass is 332 g/mol. The van der Waals surface area contributed by atoms with Crippen molar-refractivity contribution < 1.29 is 14.1 Å². The van der Waals surface area contributed by atoms with E-state index in [2.05, 4.69) is 0 Å². The van der Waals surface area contributed by atoms with Gasteiger partial charge in [0.05, 0.1) is 11.0 Å². The lowest BCUT2D eigenvalue weighted by Crippen LogP contribution is -2.36. The van der Waals surface area contributed by atoms with Gasteiger partial charge >= 0.3 is 0 Å². The van der Waals surface area contributed by atoms with Crippen molar-refractivity contribution in [1.29, 1.82) is 0 Å². The van der Waals surface area contributed by atoms with Gasteiger partial charge < -0.3 is 4.90 Å². The third-order valence-electron chi connectivity index (χ3n) is 4.86. The Morgan fingerprint density at radius 2 is 2.04 bits per heavy atom. The highest BCUT2D eigenvalue weighted by Gasteiger charge is 2.28. The molecular weight excluding hydrogens is 311 g/mol. The van der Waals surface area contributed by atoms with Gasteiger partial charge in [0.2, 0.25) is 5.91 Å². The molecule has 0 radical (unpaired) electrons. The lowest BCUT2D eigenvalue weighted by atomic mass is 9.97. The van der Waals surface area contributed by atoms with Crippen molar-refractivity contribution >= 4 is 17.7 Å². The minimum Gasteiger partial charge on any atom is -0.342 e. The van der Waals surface area contributed by atoms with E-state index in [1.54, 1.807) is 6.92 Å². The lowest BCUT2D eigenvalue weighted by Gasteiger charge is -2.28. The summed E-state index contributed by atoms with van der Waals surface area (Å²) in [6.07, 6.45) is 6.31. The summed E-state index contributed by atoms with van der Waals surface area (Å²) < 4.78 is 13.6. The fraction of sp³-hybridized carbons (Fsp3) is 0.500. The Labute approximate surface area is 140 Å². The zero-order valence-corrected chi connectivity index (χ0v) is 13.8. The predicted molar refractivity (Wildman–Crippen MR) is 88.9 cm³/mol. The number of benzene rings is 1. The van der Waals surface area contributed by atoms with E-state index in [1.165, 1.54) is 18.9 Å². The number of nitro benzene ring substituents is 1. The van der Waals surface area contributed by atoms with Crippen LogP contribution in [0.4, 0.5) is 10.1 Å². The molecule has 1 saturated heterocycles. The van der Waals surface area contributed by atoms with Gasteiger partial charge in [-0.15, -0.1) is 0 Å². The number of amides is 1. The van der Waals surface area contributed by atoms with Gasteiger partial charge in [0, 0.05) is 25.1 Å². The van der Waals surface area contributed by atoms with E-state index in [0.717, 1.165) is 24.5 Å². The van der Waals surface area contributed by atoms with Crippen molar-refractivity contribution in [2.24, 2.45) is 5.92 Å². The Bertz CT molecular complexity index is 700. The number of nitrogens with zero attached hydrogens (tertiary/aromatic N) is 2. The quantitative estimate of drug-likeness (QED) is 0.621. The standard InChI is InChI=1S/C18H21FN2O3/c1-12-15(10-16(19)11-17(12)21(23)24)8-14-4-6-20(7-5-14)18(22)9-13-2-3-13/h8,10-11,13H,2-7,9H2,1H3. The molecule has 0 aromatic heterocycles. The van der Waals surface area contributed by atoms with Gasteiger partial charge in [-0.2, -0.15) is 0 Å². The van der Waals surface area contributed by atoms with Crippen LogP contribution in [0.15, 0.2) is 17.7 Å². The fourth-order valence-corrected chi connectivity index (χ4v) is 3.13. The third-order valence-corrected chi connectivity index (χ3v) is 4.86. The largest absolute Gasteiger partial charge is 0.342 e. The van der Waals surface area contributed by atoms with Gasteiger partial charge in [0.1, 0.15) is 5.82 Å². The summed E-state index contributed by atoms with van der Waals surface area (Å²) in [6, 6.07) is 2.29. The summed E-state index contributed by atoms with van der Waals surface area (Å²) in [5, 5.41) is 11.0. The Kier molecular flexibility index (Phi) is 4.64. The number of likely N-dealkylation sites (tertiary alicyclic amines) is 1. The molecule has 1 aromatic carbocycles. The molecule has 0 spiro atoms. The Hall–Kier alpha value is -2.24. The summed E-state index contributed by atoms with van der Waals surface area (Å²) in [6.45, 7) is 2.99. The van der Waals surface area contributed by atoms with Crippen LogP contribution < -0.4 is 0 Å². The summed E-state index contributed by atoms with van der Waals surface area (Å²) in [7, 11) is 0. The molecule has 2 aliphatic rings. The highest BCUT2D eigenvalue weighted by Crippen LogP contribution is 2.33. The normalized spacial score (nSPS) is 17.8. The van der Waals surface area contributed by atoms with Crippen molar-refractivity contribution in [3.8, 4) is 0 Å². The highest BCUT2D eigenvalue weighted by atomic mass is 19.1.